The molecule has 0 spiro atoms. The average Bonchev–Trinajstić information content (AvgIpc) is 3.02. The molecule has 0 aromatic heterocycles. The van der Waals surface area contributed by atoms with E-state index in [1.807, 2.05) is 32.0 Å². The number of para-hydroxylation sites is 1. The number of hydrogen-bond donors (Lipinski definition) is 1. The molecule has 3 rings (SSSR count). The van der Waals surface area contributed by atoms with Crippen molar-refractivity contribution in [2.75, 3.05) is 25.6 Å². The van der Waals surface area contributed by atoms with Gasteiger partial charge in [-0.25, -0.2) is 0 Å². The van der Waals surface area contributed by atoms with E-state index in [4.69, 9.17) is 15.9 Å². The highest BCUT2D eigenvalue weighted by Gasteiger charge is 2.36. The van der Waals surface area contributed by atoms with Crippen LogP contribution in [0.1, 0.15) is 16.7 Å². The van der Waals surface area contributed by atoms with Crippen molar-refractivity contribution in [2.24, 2.45) is 0 Å². The summed E-state index contributed by atoms with van der Waals surface area (Å²) in [5.74, 6) is 2.12. The van der Waals surface area contributed by atoms with Crippen LogP contribution in [0.4, 0.5) is 10.5 Å². The summed E-state index contributed by atoms with van der Waals surface area (Å²) < 4.78 is 11.6. The minimum Gasteiger partial charge on any atom is -0.493 e. The Hall–Kier alpha value is -3.22. The highest BCUT2D eigenvalue weighted by atomic mass is 79.9. The van der Waals surface area contributed by atoms with Crippen LogP contribution in [0.3, 0.4) is 0 Å². The number of benzene rings is 2. The SMILES string of the molecule is C#CCOc1c(/C=C2/SC(=O)N(CC(=O)Nc3c(C)cccc3C)C2=O)cc(Br)cc1OC. The van der Waals surface area contributed by atoms with E-state index in [9.17, 15) is 14.4 Å². The first kappa shape index (κ1) is 24.4. The molecular formula is C24H21BrN2O5S. The van der Waals surface area contributed by atoms with Crippen LogP contribution < -0.4 is 14.8 Å². The molecule has 7 nitrogen and oxygen atoms in total. The van der Waals surface area contributed by atoms with Gasteiger partial charge >= 0.3 is 0 Å². The van der Waals surface area contributed by atoms with Crippen molar-refractivity contribution in [2.45, 2.75) is 13.8 Å². The molecule has 0 unspecified atom stereocenters. The van der Waals surface area contributed by atoms with Crippen LogP contribution in [0.2, 0.25) is 0 Å². The van der Waals surface area contributed by atoms with E-state index in [1.165, 1.54) is 13.2 Å². The van der Waals surface area contributed by atoms with Crippen molar-refractivity contribution < 1.29 is 23.9 Å². The van der Waals surface area contributed by atoms with Crippen molar-refractivity contribution in [3.63, 3.8) is 0 Å². The van der Waals surface area contributed by atoms with Gasteiger partial charge in [-0.3, -0.25) is 19.3 Å². The van der Waals surface area contributed by atoms with Crippen LogP contribution in [-0.4, -0.2) is 42.2 Å². The second-order valence-electron chi connectivity index (χ2n) is 7.10. The smallest absolute Gasteiger partial charge is 0.294 e. The molecule has 0 aliphatic carbocycles. The molecule has 2 aromatic rings. The zero-order chi connectivity index (χ0) is 24.1. The van der Waals surface area contributed by atoms with Gasteiger partial charge in [0.05, 0.1) is 12.0 Å². The Morgan fingerprint density at radius 2 is 1.97 bits per heavy atom. The second-order valence-corrected chi connectivity index (χ2v) is 9.01. The van der Waals surface area contributed by atoms with Gasteiger partial charge in [0.2, 0.25) is 5.91 Å². The number of terminal acetylenes is 1. The maximum absolute atomic E-state index is 12.9. The van der Waals surface area contributed by atoms with E-state index in [0.717, 1.165) is 27.8 Å². The quantitative estimate of drug-likeness (QED) is 0.411. The van der Waals surface area contributed by atoms with Gasteiger partial charge in [0.25, 0.3) is 11.1 Å². The van der Waals surface area contributed by atoms with Crippen LogP contribution in [-0.2, 0) is 9.59 Å². The number of aryl methyl sites for hydroxylation is 2. The third-order valence-corrected chi connectivity index (χ3v) is 6.14. The molecule has 2 aromatic carbocycles. The Kier molecular flexibility index (Phi) is 7.84. The summed E-state index contributed by atoms with van der Waals surface area (Å²) >= 11 is 4.14. The number of carbonyl (C=O) groups is 3. The Balaban J connectivity index is 1.84. The Morgan fingerprint density at radius 3 is 2.61 bits per heavy atom. The number of thioether (sulfide) groups is 1. The number of methoxy groups -OCH3 is 1. The highest BCUT2D eigenvalue weighted by Crippen LogP contribution is 2.39. The minimum absolute atomic E-state index is 0.00119. The number of halogens is 1. The average molecular weight is 529 g/mol. The minimum atomic E-state index is -0.566. The normalized spacial score (nSPS) is 14.4. The van der Waals surface area contributed by atoms with Crippen LogP contribution in [0.25, 0.3) is 6.08 Å². The van der Waals surface area contributed by atoms with Crippen molar-refractivity contribution in [3.8, 4) is 23.8 Å². The zero-order valence-corrected chi connectivity index (χ0v) is 20.6. The topological polar surface area (TPSA) is 84.9 Å². The molecule has 9 heteroatoms. The van der Waals surface area contributed by atoms with Crippen LogP contribution in [0.15, 0.2) is 39.7 Å². The third kappa shape index (κ3) is 5.59. The van der Waals surface area contributed by atoms with Gasteiger partial charge in [0.15, 0.2) is 11.5 Å². The number of imide groups is 1. The van der Waals surface area contributed by atoms with E-state index in [1.54, 1.807) is 12.1 Å². The fourth-order valence-electron chi connectivity index (χ4n) is 3.23. The van der Waals surface area contributed by atoms with Gasteiger partial charge in [-0.2, -0.15) is 0 Å². The molecule has 1 aliphatic rings. The molecule has 0 saturated carbocycles. The van der Waals surface area contributed by atoms with Crippen molar-refractivity contribution in [1.29, 1.82) is 0 Å². The lowest BCUT2D eigenvalue weighted by Crippen LogP contribution is -2.36. The van der Waals surface area contributed by atoms with Crippen LogP contribution in [0.5, 0.6) is 11.5 Å². The number of hydrogen-bond acceptors (Lipinski definition) is 6. The van der Waals surface area contributed by atoms with Gasteiger partial charge in [0, 0.05) is 15.7 Å². The largest absolute Gasteiger partial charge is 0.493 e. The fraction of sp³-hybridized carbons (Fsp3) is 0.208. The number of anilines is 1. The summed E-state index contributed by atoms with van der Waals surface area (Å²) in [6.07, 6.45) is 6.82. The molecule has 1 saturated heterocycles. The van der Waals surface area contributed by atoms with Gasteiger partial charge in [-0.05, 0) is 54.9 Å². The Labute approximate surface area is 204 Å². The molecule has 1 fully saturated rings. The number of nitrogens with zero attached hydrogens (tertiary/aromatic N) is 1. The first-order valence-electron chi connectivity index (χ1n) is 9.80. The molecule has 33 heavy (non-hydrogen) atoms. The number of rotatable bonds is 7. The predicted molar refractivity (Wildman–Crippen MR) is 132 cm³/mol. The number of amides is 3. The number of carbonyl (C=O) groups excluding carboxylic acids is 3. The second kappa shape index (κ2) is 10.6. The summed E-state index contributed by atoms with van der Waals surface area (Å²) in [6, 6.07) is 9.05. The van der Waals surface area contributed by atoms with Gasteiger partial charge < -0.3 is 14.8 Å². The zero-order valence-electron chi connectivity index (χ0n) is 18.2. The molecule has 170 valence electrons. The Morgan fingerprint density at radius 1 is 1.27 bits per heavy atom. The van der Waals surface area contributed by atoms with Crippen molar-refractivity contribution >= 4 is 56.5 Å². The maximum atomic E-state index is 12.9. The van der Waals surface area contributed by atoms with Crippen molar-refractivity contribution in [1.82, 2.24) is 4.90 Å². The molecule has 3 amide bonds. The van der Waals surface area contributed by atoms with E-state index in [-0.39, 0.29) is 11.5 Å². The fourth-order valence-corrected chi connectivity index (χ4v) is 4.51. The Bertz CT molecular complexity index is 1180. The molecule has 1 aliphatic heterocycles. The number of nitrogens with one attached hydrogen (secondary N) is 1. The predicted octanol–water partition coefficient (Wildman–Crippen LogP) is 4.76. The van der Waals surface area contributed by atoms with Crippen molar-refractivity contribution in [3.05, 3.63) is 56.4 Å². The lowest BCUT2D eigenvalue weighted by atomic mass is 10.1. The van der Waals surface area contributed by atoms with E-state index >= 15 is 0 Å². The summed E-state index contributed by atoms with van der Waals surface area (Å²) in [5.41, 5.74) is 2.95. The number of ether oxygens (including phenoxy) is 2. The van der Waals surface area contributed by atoms with Crippen LogP contribution in [0, 0.1) is 26.2 Å². The first-order valence-corrected chi connectivity index (χ1v) is 11.4. The summed E-state index contributed by atoms with van der Waals surface area (Å²) in [6.45, 7) is 3.35. The van der Waals surface area contributed by atoms with E-state index < -0.39 is 23.6 Å². The van der Waals surface area contributed by atoms with E-state index in [0.29, 0.717) is 27.2 Å². The molecule has 0 bridgehead atoms. The monoisotopic (exact) mass is 528 g/mol. The lowest BCUT2D eigenvalue weighted by Gasteiger charge is -2.15. The highest BCUT2D eigenvalue weighted by molar-refractivity contribution is 9.10. The summed E-state index contributed by atoms with van der Waals surface area (Å²) in [7, 11) is 1.48. The first-order chi connectivity index (χ1) is 15.7. The van der Waals surface area contributed by atoms with Gasteiger partial charge in [0.1, 0.15) is 13.2 Å². The van der Waals surface area contributed by atoms with Gasteiger partial charge in [-0.1, -0.05) is 40.0 Å². The maximum Gasteiger partial charge on any atom is 0.294 e. The van der Waals surface area contributed by atoms with E-state index in [2.05, 4.69) is 27.2 Å². The molecule has 1 heterocycles. The third-order valence-electron chi connectivity index (χ3n) is 4.78. The molecule has 0 atom stereocenters. The van der Waals surface area contributed by atoms with Crippen LogP contribution >= 0.6 is 27.7 Å². The lowest BCUT2D eigenvalue weighted by molar-refractivity contribution is -0.127. The summed E-state index contributed by atoms with van der Waals surface area (Å²) in [4.78, 5) is 39.1. The standard InChI is InChI=1S/C24H21BrN2O5S/c1-5-9-32-22-16(10-17(25)12-18(22)31-4)11-19-23(29)27(24(30)33-19)13-20(28)26-21-14(2)7-6-8-15(21)3/h1,6-8,10-12H,9,13H2,2-4H3,(H,26,28)/b19-11+. The molecule has 1 N–H and O–H groups in total. The van der Waals surface area contributed by atoms with Gasteiger partial charge in [-0.15, -0.1) is 6.42 Å². The molecule has 0 radical (unpaired) electrons. The summed E-state index contributed by atoms with van der Waals surface area (Å²) in [5, 5.41) is 2.26. The molecular weight excluding hydrogens is 508 g/mol.